The van der Waals surface area contributed by atoms with Crippen molar-refractivity contribution in [1.29, 1.82) is 0 Å². The molecule has 1 aliphatic rings. The van der Waals surface area contributed by atoms with Gasteiger partial charge in [0.2, 0.25) is 6.79 Å². The van der Waals surface area contributed by atoms with Gasteiger partial charge in [-0.25, -0.2) is 4.98 Å². The lowest BCUT2D eigenvalue weighted by Crippen LogP contribution is -1.98. The number of ether oxygens (including phenoxy) is 3. The standard InChI is InChI=1S/C12H11NO4S/c14-5-8-3-10-11(17-7-16-10)4-9(8)15-6-12-13-1-2-18-12/h1-4,14H,5-7H2. The van der Waals surface area contributed by atoms with Crippen LogP contribution in [0.1, 0.15) is 10.6 Å². The smallest absolute Gasteiger partial charge is 0.231 e. The summed E-state index contributed by atoms with van der Waals surface area (Å²) < 4.78 is 16.2. The second-order valence-electron chi connectivity index (χ2n) is 3.69. The van der Waals surface area contributed by atoms with Gasteiger partial charge >= 0.3 is 0 Å². The molecule has 18 heavy (non-hydrogen) atoms. The second-order valence-corrected chi connectivity index (χ2v) is 4.66. The Morgan fingerprint density at radius 1 is 1.33 bits per heavy atom. The molecular formula is C12H11NO4S. The highest BCUT2D eigenvalue weighted by Crippen LogP contribution is 2.38. The molecule has 0 saturated carbocycles. The number of hydrogen-bond acceptors (Lipinski definition) is 6. The molecule has 2 aromatic rings. The van der Waals surface area contributed by atoms with E-state index in [0.717, 1.165) is 5.01 Å². The van der Waals surface area contributed by atoms with Crippen LogP contribution in [0.3, 0.4) is 0 Å². The molecule has 0 fully saturated rings. The second kappa shape index (κ2) is 4.83. The van der Waals surface area contributed by atoms with E-state index in [0.29, 0.717) is 29.4 Å². The summed E-state index contributed by atoms with van der Waals surface area (Å²) in [5, 5.41) is 12.1. The van der Waals surface area contributed by atoms with Crippen molar-refractivity contribution >= 4 is 11.3 Å². The van der Waals surface area contributed by atoms with Gasteiger partial charge in [-0.1, -0.05) is 0 Å². The van der Waals surface area contributed by atoms with Crippen LogP contribution in [0, 0.1) is 0 Å². The Labute approximate surface area is 108 Å². The molecule has 2 heterocycles. The number of benzene rings is 1. The van der Waals surface area contributed by atoms with Gasteiger partial charge in [-0.2, -0.15) is 0 Å². The zero-order chi connectivity index (χ0) is 12.4. The monoisotopic (exact) mass is 265 g/mol. The van der Waals surface area contributed by atoms with Gasteiger partial charge in [-0.15, -0.1) is 11.3 Å². The van der Waals surface area contributed by atoms with Crippen molar-refractivity contribution in [3.63, 3.8) is 0 Å². The first-order valence-corrected chi connectivity index (χ1v) is 6.29. The number of fused-ring (bicyclic) bond motifs is 1. The Morgan fingerprint density at radius 2 is 2.17 bits per heavy atom. The fourth-order valence-corrected chi connectivity index (χ4v) is 2.21. The number of rotatable bonds is 4. The summed E-state index contributed by atoms with van der Waals surface area (Å²) in [7, 11) is 0. The Morgan fingerprint density at radius 3 is 2.89 bits per heavy atom. The molecule has 0 saturated heterocycles. The van der Waals surface area contributed by atoms with Crippen LogP contribution in [0.25, 0.3) is 0 Å². The van der Waals surface area contributed by atoms with E-state index in [9.17, 15) is 5.11 Å². The number of nitrogens with zero attached hydrogens (tertiary/aromatic N) is 1. The first-order valence-electron chi connectivity index (χ1n) is 5.41. The molecule has 0 radical (unpaired) electrons. The van der Waals surface area contributed by atoms with Gasteiger partial charge in [0.1, 0.15) is 17.4 Å². The Balaban J connectivity index is 1.82. The van der Waals surface area contributed by atoms with Crippen LogP contribution in [0.15, 0.2) is 23.7 Å². The molecule has 3 rings (SSSR count). The summed E-state index contributed by atoms with van der Waals surface area (Å²) in [5.74, 6) is 1.87. The van der Waals surface area contributed by atoms with E-state index in [1.807, 2.05) is 5.38 Å². The molecule has 5 nitrogen and oxygen atoms in total. The minimum absolute atomic E-state index is 0.107. The molecule has 0 atom stereocenters. The lowest BCUT2D eigenvalue weighted by atomic mass is 10.2. The number of aliphatic hydroxyl groups is 1. The van der Waals surface area contributed by atoms with Gasteiger partial charge in [0.05, 0.1) is 6.61 Å². The van der Waals surface area contributed by atoms with Gasteiger partial charge in [0.15, 0.2) is 11.5 Å². The minimum atomic E-state index is -0.107. The van der Waals surface area contributed by atoms with Gasteiger partial charge in [0, 0.05) is 23.2 Å². The fourth-order valence-electron chi connectivity index (χ4n) is 1.69. The van der Waals surface area contributed by atoms with E-state index in [1.165, 1.54) is 11.3 Å². The highest BCUT2D eigenvalue weighted by molar-refractivity contribution is 7.09. The Kier molecular flexibility index (Phi) is 3.04. The zero-order valence-corrected chi connectivity index (χ0v) is 10.3. The molecule has 1 aromatic heterocycles. The predicted octanol–water partition coefficient (Wildman–Crippen LogP) is 1.94. The average molecular weight is 265 g/mol. The summed E-state index contributed by atoms with van der Waals surface area (Å²) in [4.78, 5) is 4.13. The van der Waals surface area contributed by atoms with E-state index in [-0.39, 0.29) is 13.4 Å². The highest BCUT2D eigenvalue weighted by Gasteiger charge is 2.17. The predicted molar refractivity (Wildman–Crippen MR) is 64.9 cm³/mol. The van der Waals surface area contributed by atoms with Crippen molar-refractivity contribution < 1.29 is 19.3 Å². The third-order valence-electron chi connectivity index (χ3n) is 2.56. The summed E-state index contributed by atoms with van der Waals surface area (Å²) in [6.07, 6.45) is 1.73. The summed E-state index contributed by atoms with van der Waals surface area (Å²) in [5.41, 5.74) is 0.677. The van der Waals surface area contributed by atoms with Gasteiger partial charge in [-0.3, -0.25) is 0 Å². The molecule has 0 spiro atoms. The number of aromatic nitrogens is 1. The normalized spacial score (nSPS) is 12.7. The van der Waals surface area contributed by atoms with E-state index in [1.54, 1.807) is 18.3 Å². The van der Waals surface area contributed by atoms with Crippen molar-refractivity contribution in [3.05, 3.63) is 34.3 Å². The van der Waals surface area contributed by atoms with Crippen LogP contribution in [0.4, 0.5) is 0 Å². The van der Waals surface area contributed by atoms with Gasteiger partial charge < -0.3 is 19.3 Å². The maximum absolute atomic E-state index is 9.32. The van der Waals surface area contributed by atoms with Crippen LogP contribution in [-0.4, -0.2) is 16.9 Å². The molecule has 6 heteroatoms. The molecular weight excluding hydrogens is 254 g/mol. The highest BCUT2D eigenvalue weighted by atomic mass is 32.1. The van der Waals surface area contributed by atoms with Crippen molar-refractivity contribution in [2.45, 2.75) is 13.2 Å². The molecule has 0 bridgehead atoms. The van der Waals surface area contributed by atoms with Gasteiger partial charge in [0.25, 0.3) is 0 Å². The molecule has 0 aliphatic carbocycles. The fraction of sp³-hybridized carbons (Fsp3) is 0.250. The quantitative estimate of drug-likeness (QED) is 0.915. The third-order valence-corrected chi connectivity index (χ3v) is 3.31. The Hall–Kier alpha value is -1.79. The van der Waals surface area contributed by atoms with Crippen LogP contribution in [0.2, 0.25) is 0 Å². The molecule has 1 aromatic carbocycles. The van der Waals surface area contributed by atoms with Crippen LogP contribution >= 0.6 is 11.3 Å². The number of thiazole rings is 1. The van der Waals surface area contributed by atoms with Crippen LogP contribution in [-0.2, 0) is 13.2 Å². The lowest BCUT2D eigenvalue weighted by Gasteiger charge is -2.10. The van der Waals surface area contributed by atoms with Crippen molar-refractivity contribution in [2.75, 3.05) is 6.79 Å². The van der Waals surface area contributed by atoms with E-state index >= 15 is 0 Å². The molecule has 0 unspecified atom stereocenters. The first-order chi connectivity index (χ1) is 8.86. The maximum Gasteiger partial charge on any atom is 0.231 e. The zero-order valence-electron chi connectivity index (χ0n) is 9.46. The largest absolute Gasteiger partial charge is 0.486 e. The molecule has 1 N–H and O–H groups in total. The van der Waals surface area contributed by atoms with Crippen LogP contribution < -0.4 is 14.2 Å². The van der Waals surface area contributed by atoms with Gasteiger partial charge in [-0.05, 0) is 6.07 Å². The van der Waals surface area contributed by atoms with Crippen molar-refractivity contribution in [2.24, 2.45) is 0 Å². The Bertz CT molecular complexity index is 541. The summed E-state index contributed by atoms with van der Waals surface area (Å²) >= 11 is 1.53. The molecule has 1 aliphatic heterocycles. The maximum atomic E-state index is 9.32. The third kappa shape index (κ3) is 2.12. The lowest BCUT2D eigenvalue weighted by molar-refractivity contribution is 0.173. The van der Waals surface area contributed by atoms with E-state index in [4.69, 9.17) is 14.2 Å². The number of aliphatic hydroxyl groups excluding tert-OH is 1. The molecule has 0 amide bonds. The van der Waals surface area contributed by atoms with Crippen molar-refractivity contribution in [3.8, 4) is 17.2 Å². The van der Waals surface area contributed by atoms with Crippen molar-refractivity contribution in [1.82, 2.24) is 4.98 Å². The van der Waals surface area contributed by atoms with Crippen LogP contribution in [0.5, 0.6) is 17.2 Å². The molecule has 94 valence electrons. The first kappa shape index (κ1) is 11.3. The SMILES string of the molecule is OCc1cc2c(cc1OCc1nccs1)OCO2. The average Bonchev–Trinajstić information content (AvgIpc) is 3.05. The van der Waals surface area contributed by atoms with E-state index < -0.39 is 0 Å². The van der Waals surface area contributed by atoms with E-state index in [2.05, 4.69) is 4.98 Å². The summed E-state index contributed by atoms with van der Waals surface area (Å²) in [6, 6.07) is 3.47. The minimum Gasteiger partial charge on any atom is -0.486 e. The topological polar surface area (TPSA) is 60.8 Å². The summed E-state index contributed by atoms with van der Waals surface area (Å²) in [6.45, 7) is 0.476. The number of hydrogen-bond donors (Lipinski definition) is 1.